The molecule has 4 rings (SSSR count). The summed E-state index contributed by atoms with van der Waals surface area (Å²) < 4.78 is 88.9. The molecule has 0 N–H and O–H groups in total. The van der Waals surface area contributed by atoms with E-state index in [-0.39, 0.29) is 11.0 Å². The lowest BCUT2D eigenvalue weighted by Crippen LogP contribution is -2.16. The van der Waals surface area contributed by atoms with Gasteiger partial charge in [0.05, 0.1) is 21.6 Å². The molecule has 0 spiro atoms. The van der Waals surface area contributed by atoms with Gasteiger partial charge in [0.1, 0.15) is 29.6 Å². The van der Waals surface area contributed by atoms with Gasteiger partial charge in [-0.3, -0.25) is 0 Å². The molecule has 0 bridgehead atoms. The number of nitrogens with zero attached hydrogens (tertiary/aromatic N) is 1. The number of halogens is 6. The molecular weight excluding hydrogens is 444 g/mol. The number of rotatable bonds is 3. The monoisotopic (exact) mass is 457 g/mol. The van der Waals surface area contributed by atoms with Gasteiger partial charge in [0.25, 0.3) is 0 Å². The van der Waals surface area contributed by atoms with Crippen LogP contribution in [-0.4, -0.2) is 11.8 Å². The lowest BCUT2D eigenvalue weighted by atomic mass is 10.00. The summed E-state index contributed by atoms with van der Waals surface area (Å²) in [4.78, 5) is -0.379. The van der Waals surface area contributed by atoms with Gasteiger partial charge in [0.2, 0.25) is 0 Å². The van der Waals surface area contributed by atoms with Crippen molar-refractivity contribution in [2.75, 3.05) is 0 Å². The van der Waals surface area contributed by atoms with Crippen LogP contribution in [0.2, 0.25) is 0 Å². The molecule has 0 saturated heterocycles. The van der Waals surface area contributed by atoms with E-state index in [2.05, 4.69) is 5.16 Å². The van der Waals surface area contributed by atoms with E-state index in [1.54, 1.807) is 13.0 Å². The molecule has 0 fully saturated rings. The van der Waals surface area contributed by atoms with Gasteiger partial charge < -0.3 is 9.02 Å². The molecule has 1 aliphatic heterocycles. The normalized spacial score (nSPS) is 17.6. The Morgan fingerprint density at radius 3 is 2.19 bits per heavy atom. The third-order valence-electron chi connectivity index (χ3n) is 4.67. The van der Waals surface area contributed by atoms with E-state index in [9.17, 15) is 26.3 Å². The first-order valence-electron chi connectivity index (χ1n) is 8.94. The summed E-state index contributed by atoms with van der Waals surface area (Å²) in [6, 6.07) is 12.3. The molecule has 3 aromatic carbocycles. The van der Waals surface area contributed by atoms with Crippen molar-refractivity contribution < 1.29 is 35.4 Å². The van der Waals surface area contributed by atoms with Crippen LogP contribution in [0.25, 0.3) is 10.8 Å². The van der Waals surface area contributed by atoms with Gasteiger partial charge in [-0.25, -0.2) is 0 Å². The van der Waals surface area contributed by atoms with Crippen LogP contribution in [0, 0.1) is 0 Å². The first-order valence-corrected chi connectivity index (χ1v) is 9.68. The lowest BCUT2D eigenvalue weighted by Gasteiger charge is -2.13. The second-order valence-electron chi connectivity index (χ2n) is 6.80. The highest BCUT2D eigenvalue weighted by Crippen LogP contribution is 2.39. The summed E-state index contributed by atoms with van der Waals surface area (Å²) in [5, 5.41) is 5.73. The Balaban J connectivity index is 1.65. The van der Waals surface area contributed by atoms with Gasteiger partial charge in [-0.15, -0.1) is 0 Å². The average Bonchev–Trinajstić information content (AvgIpc) is 3.02. The molecule has 1 unspecified atom stereocenters. The van der Waals surface area contributed by atoms with Crippen molar-refractivity contribution in [2.45, 2.75) is 30.3 Å². The molecular formula is C21H13F6NO2S. The fraction of sp³-hybridized carbons (Fsp3) is 0.190. The Bertz CT molecular complexity index is 1140. The van der Waals surface area contributed by atoms with Crippen LogP contribution in [0.1, 0.15) is 23.6 Å². The molecule has 0 radical (unpaired) electrons. The number of ether oxygens (including phenoxy) is 1. The molecule has 31 heavy (non-hydrogen) atoms. The molecule has 0 amide bonds. The van der Waals surface area contributed by atoms with E-state index in [0.29, 0.717) is 41.2 Å². The van der Waals surface area contributed by atoms with Crippen LogP contribution in [0.15, 0.2) is 64.6 Å². The first-order chi connectivity index (χ1) is 14.5. The minimum Gasteiger partial charge on any atom is -0.484 e. The van der Waals surface area contributed by atoms with Crippen LogP contribution < -0.4 is 4.74 Å². The molecule has 0 aliphatic carbocycles. The van der Waals surface area contributed by atoms with Crippen LogP contribution in [0.3, 0.4) is 0 Å². The molecule has 1 heterocycles. The Morgan fingerprint density at radius 2 is 1.55 bits per heavy atom. The second-order valence-corrected chi connectivity index (χ2v) is 7.58. The van der Waals surface area contributed by atoms with E-state index < -0.39 is 29.6 Å². The average molecular weight is 457 g/mol. The van der Waals surface area contributed by atoms with E-state index in [4.69, 9.17) is 9.02 Å². The molecule has 0 aromatic heterocycles. The zero-order valence-electron chi connectivity index (χ0n) is 15.7. The van der Waals surface area contributed by atoms with Gasteiger partial charge in [0.15, 0.2) is 0 Å². The van der Waals surface area contributed by atoms with E-state index in [1.807, 2.05) is 30.3 Å². The summed E-state index contributed by atoms with van der Waals surface area (Å²) in [6.07, 6.45) is -10.4. The number of benzene rings is 3. The third-order valence-corrected chi connectivity index (χ3v) is 5.24. The number of hydrogen-bond acceptors (Lipinski definition) is 4. The van der Waals surface area contributed by atoms with E-state index in [0.717, 1.165) is 10.8 Å². The predicted molar refractivity (Wildman–Crippen MR) is 104 cm³/mol. The van der Waals surface area contributed by atoms with Crippen molar-refractivity contribution in [1.82, 2.24) is 0 Å². The number of fused-ring (bicyclic) bond motifs is 3. The van der Waals surface area contributed by atoms with Crippen molar-refractivity contribution in [3.8, 4) is 5.75 Å². The molecule has 1 atom stereocenters. The van der Waals surface area contributed by atoms with Gasteiger partial charge in [0, 0.05) is 0 Å². The maximum Gasteiger partial charge on any atom is 0.416 e. The zero-order valence-corrected chi connectivity index (χ0v) is 16.5. The van der Waals surface area contributed by atoms with Crippen LogP contribution >= 0.6 is 12.0 Å². The van der Waals surface area contributed by atoms with E-state index in [1.165, 1.54) is 0 Å². The Hall–Kier alpha value is -2.88. The van der Waals surface area contributed by atoms with Crippen molar-refractivity contribution in [3.05, 3.63) is 71.3 Å². The van der Waals surface area contributed by atoms with E-state index >= 15 is 0 Å². The molecule has 3 aromatic rings. The van der Waals surface area contributed by atoms with Crippen LogP contribution in [-0.2, 0) is 16.6 Å². The fourth-order valence-corrected chi connectivity index (χ4v) is 3.81. The van der Waals surface area contributed by atoms with Gasteiger partial charge in [-0.1, -0.05) is 35.5 Å². The van der Waals surface area contributed by atoms with Crippen molar-refractivity contribution >= 4 is 28.5 Å². The fourth-order valence-electron chi connectivity index (χ4n) is 3.26. The maximum absolute atomic E-state index is 13.0. The predicted octanol–water partition coefficient (Wildman–Crippen LogP) is 7.09. The summed E-state index contributed by atoms with van der Waals surface area (Å²) in [5.41, 5.74) is -1.78. The Kier molecular flexibility index (Phi) is 5.28. The minimum absolute atomic E-state index is 0.0607. The molecule has 1 aliphatic rings. The number of oxime groups is 1. The summed E-state index contributed by atoms with van der Waals surface area (Å²) in [7, 11) is 0. The summed E-state index contributed by atoms with van der Waals surface area (Å²) in [5.74, 6) is 0.567. The molecule has 0 saturated carbocycles. The first kappa shape index (κ1) is 21.4. The minimum atomic E-state index is -4.94. The van der Waals surface area contributed by atoms with Crippen molar-refractivity contribution in [3.63, 3.8) is 0 Å². The van der Waals surface area contributed by atoms with Crippen LogP contribution in [0.5, 0.6) is 5.75 Å². The van der Waals surface area contributed by atoms with Crippen LogP contribution in [0.4, 0.5) is 26.3 Å². The zero-order chi connectivity index (χ0) is 22.4. The topological polar surface area (TPSA) is 30.8 Å². The second kappa shape index (κ2) is 7.67. The quantitative estimate of drug-likeness (QED) is 0.239. The van der Waals surface area contributed by atoms with Gasteiger partial charge in [-0.05, 0) is 42.0 Å². The third kappa shape index (κ3) is 4.30. The Labute approximate surface area is 176 Å². The Morgan fingerprint density at radius 1 is 0.903 bits per heavy atom. The molecule has 162 valence electrons. The largest absolute Gasteiger partial charge is 0.484 e. The molecule has 10 heteroatoms. The highest BCUT2D eigenvalue weighted by Gasteiger charge is 2.37. The highest BCUT2D eigenvalue weighted by molar-refractivity contribution is 7.94. The van der Waals surface area contributed by atoms with Gasteiger partial charge >= 0.3 is 12.4 Å². The SMILES string of the molecule is CC1Oc2ccc3ccccc3c2/C1=N/OSc1cc(C(F)(F)F)cc(C(F)(F)F)c1. The smallest absolute Gasteiger partial charge is 0.416 e. The number of alkyl halides is 6. The number of hydrogen-bond donors (Lipinski definition) is 0. The lowest BCUT2D eigenvalue weighted by molar-refractivity contribution is -0.143. The summed E-state index contributed by atoms with van der Waals surface area (Å²) >= 11 is 0.307. The van der Waals surface area contributed by atoms with Crippen molar-refractivity contribution in [1.29, 1.82) is 0 Å². The highest BCUT2D eigenvalue weighted by atomic mass is 32.2. The molecule has 3 nitrogen and oxygen atoms in total. The standard InChI is InChI=1S/C21H13F6NO2S/c1-11-19(18-16-5-3-2-4-12(16)6-7-17(18)29-11)28-30-31-15-9-13(20(22,23)24)8-14(10-15)21(25,26)27/h2-11H,1H3/b28-19+. The maximum atomic E-state index is 13.0. The van der Waals surface area contributed by atoms with Crippen molar-refractivity contribution in [2.24, 2.45) is 5.16 Å². The summed E-state index contributed by atoms with van der Waals surface area (Å²) in [6.45, 7) is 1.72. The van der Waals surface area contributed by atoms with Gasteiger partial charge in [-0.2, -0.15) is 26.3 Å².